The molecule has 1 rings (SSSR count). The highest BCUT2D eigenvalue weighted by Gasteiger charge is 2.20. The molecule has 4 N–H and O–H groups in total. The van der Waals surface area contributed by atoms with E-state index in [9.17, 15) is 16.8 Å². The lowest BCUT2D eigenvalue weighted by Gasteiger charge is -2.05. The summed E-state index contributed by atoms with van der Waals surface area (Å²) in [5.41, 5.74) is 5.57. The highest BCUT2D eigenvalue weighted by molar-refractivity contribution is 7.89. The lowest BCUT2D eigenvalue weighted by Crippen LogP contribution is -2.34. The van der Waals surface area contributed by atoms with Crippen molar-refractivity contribution in [1.82, 2.24) is 19.2 Å². The number of aromatic nitrogens is 2. The molecule has 0 amide bonds. The second kappa shape index (κ2) is 6.52. The van der Waals surface area contributed by atoms with Crippen molar-refractivity contribution >= 4 is 25.9 Å². The van der Waals surface area contributed by atoms with Gasteiger partial charge in [0.2, 0.25) is 20.0 Å². The summed E-state index contributed by atoms with van der Waals surface area (Å²) < 4.78 is 51.5. The van der Waals surface area contributed by atoms with Crippen LogP contribution in [0.15, 0.2) is 11.1 Å². The van der Waals surface area contributed by atoms with Crippen LogP contribution in [0.5, 0.6) is 0 Å². The van der Waals surface area contributed by atoms with Crippen LogP contribution in [-0.4, -0.2) is 46.0 Å². The summed E-state index contributed by atoms with van der Waals surface area (Å²) in [4.78, 5) is -0.106. The Kier molecular flexibility index (Phi) is 5.50. The third-order valence-electron chi connectivity index (χ3n) is 2.28. The molecular formula is C9H19N5O4S2. The SMILES string of the molecule is CCCn1cc(S(=O)(=O)NCCNS(C)(=O)=O)c(N)n1. The van der Waals surface area contributed by atoms with Crippen LogP contribution in [0.25, 0.3) is 0 Å². The van der Waals surface area contributed by atoms with Crippen LogP contribution in [0.1, 0.15) is 13.3 Å². The van der Waals surface area contributed by atoms with Gasteiger partial charge < -0.3 is 5.73 Å². The maximum absolute atomic E-state index is 12.0. The molecule has 0 fully saturated rings. The van der Waals surface area contributed by atoms with Gasteiger partial charge in [0.05, 0.1) is 6.26 Å². The molecule has 1 aromatic heterocycles. The molecule has 11 heteroatoms. The quantitative estimate of drug-likeness (QED) is 0.508. The van der Waals surface area contributed by atoms with Crippen LogP contribution in [0.2, 0.25) is 0 Å². The van der Waals surface area contributed by atoms with Crippen LogP contribution in [0.4, 0.5) is 5.82 Å². The van der Waals surface area contributed by atoms with E-state index in [1.165, 1.54) is 10.9 Å². The summed E-state index contributed by atoms with van der Waals surface area (Å²) in [5, 5.41) is 3.90. The maximum Gasteiger partial charge on any atom is 0.245 e. The first-order valence-corrected chi connectivity index (χ1v) is 9.30. The molecule has 0 saturated carbocycles. The Bertz CT molecular complexity index is 650. The van der Waals surface area contributed by atoms with Gasteiger partial charge in [0.1, 0.15) is 4.90 Å². The molecule has 0 aliphatic carbocycles. The number of sulfonamides is 2. The second-order valence-corrected chi connectivity index (χ2v) is 7.77. The van der Waals surface area contributed by atoms with Crippen LogP contribution in [0, 0.1) is 0 Å². The van der Waals surface area contributed by atoms with Crippen LogP contribution >= 0.6 is 0 Å². The fourth-order valence-electron chi connectivity index (χ4n) is 1.47. The summed E-state index contributed by atoms with van der Waals surface area (Å²) >= 11 is 0. The van der Waals surface area contributed by atoms with E-state index in [1.54, 1.807) is 0 Å². The summed E-state index contributed by atoms with van der Waals surface area (Å²) in [6.07, 6.45) is 3.14. The number of rotatable bonds is 8. The molecule has 0 unspecified atom stereocenters. The fourth-order valence-corrected chi connectivity index (χ4v) is 3.04. The lowest BCUT2D eigenvalue weighted by atomic mass is 10.5. The first-order valence-electron chi connectivity index (χ1n) is 5.93. The first-order chi connectivity index (χ1) is 9.15. The predicted octanol–water partition coefficient (Wildman–Crippen LogP) is -1.30. The smallest absolute Gasteiger partial charge is 0.245 e. The Balaban J connectivity index is 2.69. The van der Waals surface area contributed by atoms with Crippen molar-refractivity contribution in [3.8, 4) is 0 Å². The second-order valence-electron chi connectivity index (χ2n) is 4.21. The van der Waals surface area contributed by atoms with Gasteiger partial charge in [-0.2, -0.15) is 5.10 Å². The Labute approximate surface area is 118 Å². The monoisotopic (exact) mass is 325 g/mol. The molecule has 1 heterocycles. The Morgan fingerprint density at radius 3 is 2.40 bits per heavy atom. The van der Waals surface area contributed by atoms with Gasteiger partial charge in [-0.15, -0.1) is 0 Å². The minimum Gasteiger partial charge on any atom is -0.381 e. The Morgan fingerprint density at radius 2 is 1.85 bits per heavy atom. The summed E-state index contributed by atoms with van der Waals surface area (Å²) in [6.45, 7) is 2.38. The van der Waals surface area contributed by atoms with Gasteiger partial charge in [0.15, 0.2) is 5.82 Å². The molecule has 0 atom stereocenters. The molecule has 0 aliphatic heterocycles. The molecule has 0 saturated heterocycles. The van der Waals surface area contributed by atoms with Gasteiger partial charge in [-0.05, 0) is 6.42 Å². The first kappa shape index (κ1) is 16.9. The van der Waals surface area contributed by atoms with E-state index in [-0.39, 0.29) is 23.8 Å². The van der Waals surface area contributed by atoms with Crippen LogP contribution in [0.3, 0.4) is 0 Å². The lowest BCUT2D eigenvalue weighted by molar-refractivity contribution is 0.572. The molecule has 116 valence electrons. The minimum absolute atomic E-state index is 0.0406. The van der Waals surface area contributed by atoms with Crippen molar-refractivity contribution in [1.29, 1.82) is 0 Å². The van der Waals surface area contributed by atoms with Crippen molar-refractivity contribution in [3.05, 3.63) is 6.20 Å². The standard InChI is InChI=1S/C9H19N5O4S2/c1-3-6-14-7-8(9(10)13-14)20(17,18)12-5-4-11-19(2,15)16/h7,11-12H,3-6H2,1-2H3,(H2,10,13). The van der Waals surface area contributed by atoms with E-state index in [4.69, 9.17) is 5.73 Å². The predicted molar refractivity (Wildman–Crippen MR) is 75.0 cm³/mol. The zero-order valence-corrected chi connectivity index (χ0v) is 13.0. The number of aryl methyl sites for hydroxylation is 1. The van der Waals surface area contributed by atoms with E-state index in [0.29, 0.717) is 6.54 Å². The molecule has 1 aromatic rings. The molecular weight excluding hydrogens is 306 g/mol. The Hall–Kier alpha value is -1.17. The molecule has 0 bridgehead atoms. The highest BCUT2D eigenvalue weighted by atomic mass is 32.2. The normalized spacial score (nSPS) is 12.7. The third-order valence-corrected chi connectivity index (χ3v) is 4.48. The van der Waals surface area contributed by atoms with E-state index >= 15 is 0 Å². The number of nitrogens with one attached hydrogen (secondary N) is 2. The zero-order valence-electron chi connectivity index (χ0n) is 11.3. The van der Waals surface area contributed by atoms with Crippen molar-refractivity contribution in [2.24, 2.45) is 0 Å². The largest absolute Gasteiger partial charge is 0.381 e. The van der Waals surface area contributed by atoms with E-state index in [0.717, 1.165) is 12.7 Å². The molecule has 9 nitrogen and oxygen atoms in total. The van der Waals surface area contributed by atoms with Gasteiger partial charge >= 0.3 is 0 Å². The molecule has 0 aliphatic rings. The highest BCUT2D eigenvalue weighted by Crippen LogP contribution is 2.15. The summed E-state index contributed by atoms with van der Waals surface area (Å²) in [6, 6.07) is 0. The number of anilines is 1. The number of nitrogens with two attached hydrogens (primary N) is 1. The van der Waals surface area contributed by atoms with Gasteiger partial charge in [-0.3, -0.25) is 4.68 Å². The van der Waals surface area contributed by atoms with Crippen molar-refractivity contribution in [3.63, 3.8) is 0 Å². The van der Waals surface area contributed by atoms with Crippen LogP contribution in [-0.2, 0) is 26.6 Å². The zero-order chi connectivity index (χ0) is 15.4. The number of nitrogen functional groups attached to an aromatic ring is 1. The van der Waals surface area contributed by atoms with Crippen molar-refractivity contribution in [2.75, 3.05) is 25.1 Å². The van der Waals surface area contributed by atoms with E-state index in [1.807, 2.05) is 6.92 Å². The molecule has 0 aromatic carbocycles. The van der Waals surface area contributed by atoms with Crippen molar-refractivity contribution in [2.45, 2.75) is 24.8 Å². The molecule has 0 radical (unpaired) electrons. The van der Waals surface area contributed by atoms with Crippen LogP contribution < -0.4 is 15.2 Å². The summed E-state index contributed by atoms with van der Waals surface area (Å²) in [5.74, 6) is -0.0815. The topological polar surface area (TPSA) is 136 Å². The van der Waals surface area contributed by atoms with E-state index in [2.05, 4.69) is 14.5 Å². The number of hydrogen-bond acceptors (Lipinski definition) is 6. The number of hydrogen-bond donors (Lipinski definition) is 3. The third kappa shape index (κ3) is 5.07. The number of nitrogens with zero attached hydrogens (tertiary/aromatic N) is 2. The van der Waals surface area contributed by atoms with E-state index < -0.39 is 20.0 Å². The summed E-state index contributed by atoms with van der Waals surface area (Å²) in [7, 11) is -7.14. The average molecular weight is 325 g/mol. The fraction of sp³-hybridized carbons (Fsp3) is 0.667. The van der Waals surface area contributed by atoms with Gasteiger partial charge in [-0.1, -0.05) is 6.92 Å². The Morgan fingerprint density at radius 1 is 1.25 bits per heavy atom. The molecule has 0 spiro atoms. The maximum atomic E-state index is 12.0. The average Bonchev–Trinajstić information content (AvgIpc) is 2.66. The molecule has 20 heavy (non-hydrogen) atoms. The van der Waals surface area contributed by atoms with Crippen molar-refractivity contribution < 1.29 is 16.8 Å². The van der Waals surface area contributed by atoms with Gasteiger partial charge in [0, 0.05) is 25.8 Å². The van der Waals surface area contributed by atoms with Gasteiger partial charge in [-0.25, -0.2) is 26.3 Å². The van der Waals surface area contributed by atoms with Gasteiger partial charge in [0.25, 0.3) is 0 Å². The minimum atomic E-state index is -3.80.